The molecule has 0 bridgehead atoms. The van der Waals surface area contributed by atoms with Crippen LogP contribution in [0.3, 0.4) is 0 Å². The second kappa shape index (κ2) is 6.59. The Hall–Kier alpha value is -2.21. The second-order valence-corrected chi connectivity index (χ2v) is 7.35. The predicted octanol–water partition coefficient (Wildman–Crippen LogP) is 4.31. The van der Waals surface area contributed by atoms with Gasteiger partial charge in [0.2, 0.25) is 0 Å². The van der Waals surface area contributed by atoms with Crippen molar-refractivity contribution in [3.05, 3.63) is 40.1 Å². The van der Waals surface area contributed by atoms with Crippen LogP contribution in [0, 0.1) is 5.92 Å². The minimum absolute atomic E-state index is 0.0178. The molecular weight excluding hydrogens is 336 g/mol. The third-order valence-corrected chi connectivity index (χ3v) is 5.71. The molecule has 2 amide bonds. The molecule has 4 rings (SSSR count). The highest BCUT2D eigenvalue weighted by molar-refractivity contribution is 7.08. The maximum atomic E-state index is 12.9. The molecule has 1 aliphatic carbocycles. The molecule has 1 saturated carbocycles. The van der Waals surface area contributed by atoms with Crippen LogP contribution in [0.25, 0.3) is 0 Å². The molecule has 2 aliphatic rings. The van der Waals surface area contributed by atoms with Gasteiger partial charge in [0.1, 0.15) is 0 Å². The van der Waals surface area contributed by atoms with Crippen LogP contribution in [0.15, 0.2) is 29.0 Å². The van der Waals surface area contributed by atoms with E-state index in [2.05, 4.69) is 17.4 Å². The second-order valence-electron chi connectivity index (χ2n) is 6.57. The number of methoxy groups -OCH3 is 2. The summed E-state index contributed by atoms with van der Waals surface area (Å²) in [6.45, 7) is 0.722. The van der Waals surface area contributed by atoms with E-state index in [1.165, 1.54) is 24.0 Å². The van der Waals surface area contributed by atoms with Crippen molar-refractivity contribution in [2.24, 2.45) is 5.92 Å². The van der Waals surface area contributed by atoms with E-state index in [4.69, 9.17) is 9.47 Å². The Kier molecular flexibility index (Phi) is 4.29. The summed E-state index contributed by atoms with van der Waals surface area (Å²) in [5.74, 6) is 2.02. The van der Waals surface area contributed by atoms with Crippen LogP contribution in [0.4, 0.5) is 10.5 Å². The Labute approximate surface area is 151 Å². The molecule has 5 nitrogen and oxygen atoms in total. The van der Waals surface area contributed by atoms with E-state index >= 15 is 0 Å². The minimum Gasteiger partial charge on any atom is -0.493 e. The number of carbonyl (C=O) groups excluding carboxylic acids is 1. The van der Waals surface area contributed by atoms with Crippen molar-refractivity contribution in [3.8, 4) is 11.5 Å². The highest BCUT2D eigenvalue weighted by Gasteiger charge is 2.42. The third-order valence-electron chi connectivity index (χ3n) is 5.02. The summed E-state index contributed by atoms with van der Waals surface area (Å²) < 4.78 is 10.9. The molecule has 2 aromatic rings. The summed E-state index contributed by atoms with van der Waals surface area (Å²) in [5.41, 5.74) is 3.32. The van der Waals surface area contributed by atoms with E-state index in [1.54, 1.807) is 25.6 Å². The highest BCUT2D eigenvalue weighted by atomic mass is 32.1. The first kappa shape index (κ1) is 16.3. The first-order valence-corrected chi connectivity index (χ1v) is 9.50. The molecule has 25 heavy (non-hydrogen) atoms. The van der Waals surface area contributed by atoms with Gasteiger partial charge in [0, 0.05) is 11.9 Å². The van der Waals surface area contributed by atoms with Gasteiger partial charge in [-0.25, -0.2) is 4.79 Å². The molecule has 0 radical (unpaired) electrons. The molecule has 2 heterocycles. The molecule has 6 heteroatoms. The van der Waals surface area contributed by atoms with Crippen molar-refractivity contribution in [2.45, 2.75) is 25.3 Å². The molecule has 1 fully saturated rings. The number of rotatable bonds is 4. The van der Waals surface area contributed by atoms with Crippen LogP contribution in [-0.2, 0) is 6.42 Å². The molecule has 1 aliphatic heterocycles. The van der Waals surface area contributed by atoms with Gasteiger partial charge in [0.05, 0.1) is 25.9 Å². The average molecular weight is 358 g/mol. The number of carbonyl (C=O) groups is 1. The summed E-state index contributed by atoms with van der Waals surface area (Å²) in [4.78, 5) is 14.8. The van der Waals surface area contributed by atoms with Crippen LogP contribution in [0.1, 0.15) is 30.0 Å². The number of nitrogens with zero attached hydrogens (tertiary/aromatic N) is 1. The van der Waals surface area contributed by atoms with Crippen molar-refractivity contribution >= 4 is 23.1 Å². The number of urea groups is 1. The molecule has 1 unspecified atom stereocenters. The fraction of sp³-hybridized carbons (Fsp3) is 0.421. The zero-order valence-corrected chi connectivity index (χ0v) is 15.3. The van der Waals surface area contributed by atoms with Crippen molar-refractivity contribution in [1.82, 2.24) is 4.90 Å². The summed E-state index contributed by atoms with van der Waals surface area (Å²) in [7, 11) is 3.31. The SMILES string of the molecule is COc1cc2c(cc1OC)C(C1CC1)N(C(=O)Nc1ccsc1)CC2. The number of ether oxygens (including phenoxy) is 2. The maximum absolute atomic E-state index is 12.9. The maximum Gasteiger partial charge on any atom is 0.322 e. The Bertz CT molecular complexity index is 771. The standard InChI is InChI=1S/C19H22N2O3S/c1-23-16-9-13-5-7-21(19(22)20-14-6-8-25-11-14)18(12-3-4-12)15(13)10-17(16)24-2/h6,8-12,18H,3-5,7H2,1-2H3,(H,20,22). The quantitative estimate of drug-likeness (QED) is 0.886. The first-order chi connectivity index (χ1) is 12.2. The highest BCUT2D eigenvalue weighted by Crippen LogP contribution is 2.49. The van der Waals surface area contributed by atoms with Gasteiger partial charge in [0.25, 0.3) is 0 Å². The summed E-state index contributed by atoms with van der Waals surface area (Å²) >= 11 is 1.58. The number of hydrogen-bond acceptors (Lipinski definition) is 4. The third kappa shape index (κ3) is 3.06. The lowest BCUT2D eigenvalue weighted by Crippen LogP contribution is -2.43. The lowest BCUT2D eigenvalue weighted by atomic mass is 9.89. The Morgan fingerprint density at radius 2 is 2.00 bits per heavy atom. The van der Waals surface area contributed by atoms with Gasteiger partial charge in [-0.05, 0) is 59.9 Å². The number of fused-ring (bicyclic) bond motifs is 1. The van der Waals surface area contributed by atoms with E-state index in [0.717, 1.165) is 30.2 Å². The molecule has 1 aromatic carbocycles. The molecular formula is C19H22N2O3S. The molecule has 1 atom stereocenters. The Morgan fingerprint density at radius 1 is 1.24 bits per heavy atom. The van der Waals surface area contributed by atoms with Gasteiger partial charge < -0.3 is 19.7 Å². The van der Waals surface area contributed by atoms with Gasteiger partial charge in [-0.3, -0.25) is 0 Å². The van der Waals surface area contributed by atoms with E-state index in [0.29, 0.717) is 5.92 Å². The summed E-state index contributed by atoms with van der Waals surface area (Å²) in [6, 6.07) is 6.15. The Balaban J connectivity index is 1.66. The predicted molar refractivity (Wildman–Crippen MR) is 98.8 cm³/mol. The van der Waals surface area contributed by atoms with Crippen LogP contribution in [0.5, 0.6) is 11.5 Å². The average Bonchev–Trinajstić information content (AvgIpc) is 3.35. The first-order valence-electron chi connectivity index (χ1n) is 8.56. The lowest BCUT2D eigenvalue weighted by molar-refractivity contribution is 0.172. The topological polar surface area (TPSA) is 50.8 Å². The summed E-state index contributed by atoms with van der Waals surface area (Å²) in [5, 5.41) is 6.95. The number of hydrogen-bond donors (Lipinski definition) is 1. The van der Waals surface area contributed by atoms with Gasteiger partial charge in [-0.15, -0.1) is 0 Å². The largest absolute Gasteiger partial charge is 0.493 e. The van der Waals surface area contributed by atoms with Crippen LogP contribution >= 0.6 is 11.3 Å². The van der Waals surface area contributed by atoms with E-state index in [9.17, 15) is 4.79 Å². The number of nitrogens with one attached hydrogen (secondary N) is 1. The molecule has 132 valence electrons. The van der Waals surface area contributed by atoms with Crippen LogP contribution < -0.4 is 14.8 Å². The van der Waals surface area contributed by atoms with Crippen molar-refractivity contribution in [1.29, 1.82) is 0 Å². The fourth-order valence-electron chi connectivity index (χ4n) is 3.66. The molecule has 1 N–H and O–H groups in total. The van der Waals surface area contributed by atoms with Gasteiger partial charge in [-0.1, -0.05) is 0 Å². The van der Waals surface area contributed by atoms with Crippen LogP contribution in [0.2, 0.25) is 0 Å². The van der Waals surface area contributed by atoms with E-state index in [-0.39, 0.29) is 12.1 Å². The van der Waals surface area contributed by atoms with Gasteiger partial charge in [-0.2, -0.15) is 11.3 Å². The minimum atomic E-state index is -0.0178. The van der Waals surface area contributed by atoms with Gasteiger partial charge >= 0.3 is 6.03 Å². The van der Waals surface area contributed by atoms with E-state index < -0.39 is 0 Å². The number of amides is 2. The molecule has 1 aromatic heterocycles. The number of anilines is 1. The van der Waals surface area contributed by atoms with Crippen LogP contribution in [-0.4, -0.2) is 31.7 Å². The van der Waals surface area contributed by atoms with Gasteiger partial charge in [0.15, 0.2) is 11.5 Å². The lowest BCUT2D eigenvalue weighted by Gasteiger charge is -2.38. The number of thiophene rings is 1. The van der Waals surface area contributed by atoms with Crippen molar-refractivity contribution < 1.29 is 14.3 Å². The fourth-order valence-corrected chi connectivity index (χ4v) is 4.24. The smallest absolute Gasteiger partial charge is 0.322 e. The summed E-state index contributed by atoms with van der Waals surface area (Å²) in [6.07, 6.45) is 3.16. The molecule has 0 saturated heterocycles. The van der Waals surface area contributed by atoms with Crippen molar-refractivity contribution in [2.75, 3.05) is 26.1 Å². The zero-order valence-electron chi connectivity index (χ0n) is 14.5. The Morgan fingerprint density at radius 3 is 2.64 bits per heavy atom. The number of benzene rings is 1. The van der Waals surface area contributed by atoms with E-state index in [1.807, 2.05) is 21.7 Å². The normalized spacial score (nSPS) is 19.3. The molecule has 0 spiro atoms. The monoisotopic (exact) mass is 358 g/mol. The zero-order chi connectivity index (χ0) is 17.4. The van der Waals surface area contributed by atoms with Crippen molar-refractivity contribution in [3.63, 3.8) is 0 Å².